The maximum Gasteiger partial charge on any atom is 0.282 e. The van der Waals surface area contributed by atoms with E-state index in [1.54, 1.807) is 4.90 Å². The molecule has 0 aliphatic carbocycles. The summed E-state index contributed by atoms with van der Waals surface area (Å²) in [6, 6.07) is 0. The molecule has 130 valence electrons. The van der Waals surface area contributed by atoms with Gasteiger partial charge in [-0.1, -0.05) is 0 Å². The lowest BCUT2D eigenvalue weighted by Gasteiger charge is -2.28. The van der Waals surface area contributed by atoms with Crippen molar-refractivity contribution < 1.29 is 25.6 Å². The van der Waals surface area contributed by atoms with E-state index in [2.05, 4.69) is 10.4 Å². The molecule has 0 unspecified atom stereocenters. The van der Waals surface area contributed by atoms with Gasteiger partial charge in [0.25, 0.3) is 20.2 Å². The molecule has 6 N–H and O–H groups in total. The molecule has 0 aromatic heterocycles. The maximum absolute atomic E-state index is 11.6. The van der Waals surface area contributed by atoms with Gasteiger partial charge in [-0.2, -0.15) is 16.8 Å². The second kappa shape index (κ2) is 8.00. The highest BCUT2D eigenvalue weighted by Gasteiger charge is 2.20. The monoisotopic (exact) mass is 360 g/mol. The summed E-state index contributed by atoms with van der Waals surface area (Å²) in [5, 5.41) is 0.417. The van der Waals surface area contributed by atoms with E-state index < -0.39 is 32.0 Å². The molecular weight excluding hydrogens is 340 g/mol. The van der Waals surface area contributed by atoms with Gasteiger partial charge in [-0.3, -0.25) is 25.0 Å². The van der Waals surface area contributed by atoms with E-state index in [0.717, 1.165) is 6.42 Å². The average molecular weight is 360 g/mol. The van der Waals surface area contributed by atoms with Crippen molar-refractivity contribution in [3.8, 4) is 0 Å². The third-order valence-electron chi connectivity index (χ3n) is 2.55. The highest BCUT2D eigenvalue weighted by molar-refractivity contribution is 7.87. The van der Waals surface area contributed by atoms with Crippen molar-refractivity contribution in [3.63, 3.8) is 0 Å². The van der Waals surface area contributed by atoms with E-state index in [0.29, 0.717) is 24.1 Å². The first-order valence-corrected chi connectivity index (χ1v) is 9.39. The van der Waals surface area contributed by atoms with E-state index in [9.17, 15) is 16.8 Å². The molecule has 0 fully saturated rings. The Morgan fingerprint density at radius 1 is 1.36 bits per heavy atom. The number of hydrogen-bond acceptors (Lipinski definition) is 11. The first-order chi connectivity index (χ1) is 10.1. The summed E-state index contributed by atoms with van der Waals surface area (Å²) in [6.45, 7) is 1.33. The third-order valence-corrected chi connectivity index (χ3v) is 4.38. The second-order valence-corrected chi connectivity index (χ2v) is 7.53. The van der Waals surface area contributed by atoms with Crippen molar-refractivity contribution in [2.24, 2.45) is 16.7 Å². The van der Waals surface area contributed by atoms with Crippen LogP contribution >= 0.6 is 0 Å². The zero-order valence-corrected chi connectivity index (χ0v) is 13.4. The number of rotatable bonds is 8. The number of guanidine groups is 1. The number of nitrogens with two attached hydrogens (primary N) is 2. The van der Waals surface area contributed by atoms with Crippen LogP contribution in [-0.4, -0.2) is 75.3 Å². The van der Waals surface area contributed by atoms with Crippen molar-refractivity contribution in [1.82, 2.24) is 15.3 Å². The molecular formula is C8H20N6O6S2. The van der Waals surface area contributed by atoms with Crippen LogP contribution in [0, 0.1) is 0 Å². The molecule has 0 amide bonds. The summed E-state index contributed by atoms with van der Waals surface area (Å²) < 4.78 is 57.7. The lowest BCUT2D eigenvalue weighted by atomic mass is 10.3. The maximum atomic E-state index is 11.6. The lowest BCUT2D eigenvalue weighted by Crippen LogP contribution is -2.48. The minimum absolute atomic E-state index is 0.178. The molecule has 1 aliphatic rings. The van der Waals surface area contributed by atoms with Crippen molar-refractivity contribution in [2.45, 2.75) is 6.42 Å². The predicted molar refractivity (Wildman–Crippen MR) is 78.0 cm³/mol. The van der Waals surface area contributed by atoms with E-state index >= 15 is 0 Å². The van der Waals surface area contributed by atoms with E-state index in [4.69, 9.17) is 20.4 Å². The average Bonchev–Trinajstić information content (AvgIpc) is 2.35. The van der Waals surface area contributed by atoms with Crippen LogP contribution in [0.5, 0.6) is 0 Å². The minimum Gasteiger partial charge on any atom is -0.339 e. The highest BCUT2D eigenvalue weighted by Crippen LogP contribution is 2.02. The highest BCUT2D eigenvalue weighted by atomic mass is 32.2. The predicted octanol–water partition coefficient (Wildman–Crippen LogP) is -3.16. The van der Waals surface area contributed by atoms with Crippen LogP contribution in [-0.2, 0) is 24.4 Å². The third kappa shape index (κ3) is 7.30. The van der Waals surface area contributed by atoms with Gasteiger partial charge in [0.2, 0.25) is 5.96 Å². The molecule has 0 saturated carbocycles. The summed E-state index contributed by atoms with van der Waals surface area (Å²) in [6.07, 6.45) is 0.808. The molecule has 0 atom stereocenters. The second-order valence-electron chi connectivity index (χ2n) is 4.50. The SMILES string of the molecule is NNC1=NCCCN1CCOS(=O)(=O)CN(N)CS(=O)(=O)O. The summed E-state index contributed by atoms with van der Waals surface area (Å²) in [7, 11) is -8.48. The van der Waals surface area contributed by atoms with Crippen LogP contribution in [0.2, 0.25) is 0 Å². The topological polar surface area (TPSA) is 181 Å². The smallest absolute Gasteiger partial charge is 0.282 e. The van der Waals surface area contributed by atoms with Gasteiger partial charge in [-0.25, -0.2) is 10.9 Å². The van der Waals surface area contributed by atoms with Crippen LogP contribution in [0.3, 0.4) is 0 Å². The first kappa shape index (κ1) is 19.0. The Hall–Kier alpha value is -1.03. The Morgan fingerprint density at radius 2 is 2.05 bits per heavy atom. The van der Waals surface area contributed by atoms with Crippen LogP contribution in [0.1, 0.15) is 6.42 Å². The van der Waals surface area contributed by atoms with Gasteiger partial charge in [-0.05, 0) is 6.42 Å². The van der Waals surface area contributed by atoms with Crippen molar-refractivity contribution >= 4 is 26.2 Å². The van der Waals surface area contributed by atoms with Crippen LogP contribution < -0.4 is 17.1 Å². The number of hydrogen-bond donors (Lipinski definition) is 4. The Labute approximate surface area is 128 Å². The van der Waals surface area contributed by atoms with Gasteiger partial charge >= 0.3 is 0 Å². The Morgan fingerprint density at radius 3 is 2.64 bits per heavy atom. The molecule has 0 bridgehead atoms. The number of hydrazine groups is 2. The van der Waals surface area contributed by atoms with Crippen molar-refractivity contribution in [1.29, 1.82) is 0 Å². The fourth-order valence-electron chi connectivity index (χ4n) is 1.77. The van der Waals surface area contributed by atoms with Gasteiger partial charge in [0, 0.05) is 19.6 Å². The van der Waals surface area contributed by atoms with Gasteiger partial charge in [0.15, 0.2) is 0 Å². The van der Waals surface area contributed by atoms with Crippen molar-refractivity contribution in [3.05, 3.63) is 0 Å². The molecule has 12 nitrogen and oxygen atoms in total. The number of aliphatic imine (C=N–C) groups is 1. The van der Waals surface area contributed by atoms with Gasteiger partial charge in [0.1, 0.15) is 11.8 Å². The molecule has 0 radical (unpaired) electrons. The molecule has 1 rings (SSSR count). The Balaban J connectivity index is 2.42. The largest absolute Gasteiger partial charge is 0.339 e. The summed E-state index contributed by atoms with van der Waals surface area (Å²) in [5.74, 6) is 9.03. The summed E-state index contributed by atoms with van der Waals surface area (Å²) in [5.41, 5.74) is 2.41. The standard InChI is InChI=1S/C8H20N6O6S2/c9-12-8-11-2-1-3-13(8)4-5-20-22(18,19)7-14(10)6-21(15,16)17/h1-7,9-10H2,(H,11,12)(H,15,16,17). The van der Waals surface area contributed by atoms with E-state index in [1.165, 1.54) is 0 Å². The Bertz CT molecular complexity index is 590. The zero-order chi connectivity index (χ0) is 16.8. The molecule has 1 heterocycles. The minimum atomic E-state index is -4.41. The summed E-state index contributed by atoms with van der Waals surface area (Å²) in [4.78, 5) is 5.83. The molecule has 0 saturated heterocycles. The van der Waals surface area contributed by atoms with Gasteiger partial charge in [0.05, 0.1) is 6.61 Å². The fraction of sp³-hybridized carbons (Fsp3) is 0.875. The lowest BCUT2D eigenvalue weighted by molar-refractivity contribution is 0.252. The zero-order valence-electron chi connectivity index (χ0n) is 11.8. The van der Waals surface area contributed by atoms with Crippen LogP contribution in [0.4, 0.5) is 0 Å². The fourth-order valence-corrected chi connectivity index (χ4v) is 3.30. The van der Waals surface area contributed by atoms with Crippen LogP contribution in [0.25, 0.3) is 0 Å². The Kier molecular flexibility index (Phi) is 6.92. The van der Waals surface area contributed by atoms with Gasteiger partial charge in [-0.15, -0.1) is 0 Å². The molecule has 0 aromatic rings. The van der Waals surface area contributed by atoms with E-state index in [1.807, 2.05) is 0 Å². The normalized spacial score (nSPS) is 16.7. The van der Waals surface area contributed by atoms with Gasteiger partial charge < -0.3 is 4.90 Å². The molecule has 0 aromatic carbocycles. The van der Waals surface area contributed by atoms with E-state index in [-0.39, 0.29) is 13.2 Å². The first-order valence-electron chi connectivity index (χ1n) is 6.21. The quantitative estimate of drug-likeness (QED) is 0.148. The molecule has 0 spiro atoms. The summed E-state index contributed by atoms with van der Waals surface area (Å²) >= 11 is 0. The number of nitrogens with zero attached hydrogens (tertiary/aromatic N) is 3. The van der Waals surface area contributed by atoms with Crippen molar-refractivity contribution in [2.75, 3.05) is 38.0 Å². The number of nitrogens with one attached hydrogen (secondary N) is 1. The molecule has 14 heteroatoms. The molecule has 1 aliphatic heterocycles. The molecule has 22 heavy (non-hydrogen) atoms. The van der Waals surface area contributed by atoms with Crippen LogP contribution in [0.15, 0.2) is 4.99 Å².